The smallest absolute Gasteiger partial charge is 0.0608 e. The number of hydrogen-bond acceptors (Lipinski definition) is 3. The molecule has 5 fully saturated rings. The molecule has 0 amide bonds. The van der Waals surface area contributed by atoms with E-state index < -0.39 is 0 Å². The fourth-order valence-corrected chi connectivity index (χ4v) is 6.02. The van der Waals surface area contributed by atoms with Crippen LogP contribution in [0.25, 0.3) is 0 Å². The third kappa shape index (κ3) is 2.42. The van der Waals surface area contributed by atoms with Crippen LogP contribution in [0.3, 0.4) is 0 Å². The van der Waals surface area contributed by atoms with E-state index in [4.69, 9.17) is 4.74 Å². The van der Waals surface area contributed by atoms with Gasteiger partial charge in [0.25, 0.3) is 0 Å². The molecule has 1 atom stereocenters. The van der Waals surface area contributed by atoms with Crippen molar-refractivity contribution in [3.05, 3.63) is 0 Å². The maximum absolute atomic E-state index is 10.9. The molecular formula is C17H29NO2. The molecule has 3 nitrogen and oxygen atoms in total. The molecule has 114 valence electrons. The number of nitrogens with zero attached hydrogens (tertiary/aromatic N) is 1. The van der Waals surface area contributed by atoms with Crippen molar-refractivity contribution < 1.29 is 9.84 Å². The van der Waals surface area contributed by atoms with Gasteiger partial charge in [-0.05, 0) is 68.1 Å². The summed E-state index contributed by atoms with van der Waals surface area (Å²) in [5, 5.41) is 10.9. The topological polar surface area (TPSA) is 32.7 Å². The standard InChI is InChI=1S/C17H29NO2/c19-16(1-2-18-3-5-20-6-4-18)17-10-13-7-14(11-17)9-15(8-13)12-17/h13-16,19H,1-12H2. The van der Waals surface area contributed by atoms with Crippen LogP contribution in [0.1, 0.15) is 44.9 Å². The predicted molar refractivity (Wildman–Crippen MR) is 78.5 cm³/mol. The van der Waals surface area contributed by atoms with E-state index >= 15 is 0 Å². The Morgan fingerprint density at radius 3 is 2.10 bits per heavy atom. The molecule has 4 aliphatic carbocycles. The Morgan fingerprint density at radius 1 is 1.00 bits per heavy atom. The Labute approximate surface area is 122 Å². The zero-order chi connectivity index (χ0) is 13.6. The van der Waals surface area contributed by atoms with Crippen molar-refractivity contribution in [2.75, 3.05) is 32.8 Å². The van der Waals surface area contributed by atoms with Gasteiger partial charge in [-0.3, -0.25) is 4.90 Å². The Bertz CT molecular complexity index is 316. The molecule has 20 heavy (non-hydrogen) atoms. The van der Waals surface area contributed by atoms with Gasteiger partial charge in [-0.2, -0.15) is 0 Å². The van der Waals surface area contributed by atoms with Gasteiger partial charge in [-0.15, -0.1) is 0 Å². The molecule has 0 aromatic heterocycles. The third-order valence-electron chi connectivity index (χ3n) is 6.61. The van der Waals surface area contributed by atoms with Crippen molar-refractivity contribution in [3.63, 3.8) is 0 Å². The second-order valence-electron chi connectivity index (χ2n) is 8.04. The Balaban J connectivity index is 1.36. The lowest BCUT2D eigenvalue weighted by molar-refractivity contribution is -0.124. The summed E-state index contributed by atoms with van der Waals surface area (Å²) in [5.74, 6) is 2.83. The maximum Gasteiger partial charge on any atom is 0.0608 e. The highest BCUT2D eigenvalue weighted by atomic mass is 16.5. The number of morpholine rings is 1. The first-order valence-electron chi connectivity index (χ1n) is 8.72. The van der Waals surface area contributed by atoms with Crippen LogP contribution in [0.5, 0.6) is 0 Å². The number of rotatable bonds is 4. The first-order chi connectivity index (χ1) is 9.73. The predicted octanol–water partition coefficient (Wildman–Crippen LogP) is 2.29. The Morgan fingerprint density at radius 2 is 1.55 bits per heavy atom. The van der Waals surface area contributed by atoms with E-state index in [0.717, 1.165) is 57.0 Å². The van der Waals surface area contributed by atoms with Gasteiger partial charge in [-0.1, -0.05) is 0 Å². The largest absolute Gasteiger partial charge is 0.393 e. The number of aliphatic hydroxyl groups excluding tert-OH is 1. The van der Waals surface area contributed by atoms with Gasteiger partial charge in [0.1, 0.15) is 0 Å². The summed E-state index contributed by atoms with van der Waals surface area (Å²) in [7, 11) is 0. The molecule has 4 saturated carbocycles. The summed E-state index contributed by atoms with van der Waals surface area (Å²) in [6, 6.07) is 0. The summed E-state index contributed by atoms with van der Waals surface area (Å²) in [5.41, 5.74) is 0.307. The summed E-state index contributed by atoms with van der Waals surface area (Å²) in [6.45, 7) is 4.90. The highest BCUT2D eigenvalue weighted by Crippen LogP contribution is 2.61. The molecule has 5 rings (SSSR count). The van der Waals surface area contributed by atoms with Crippen LogP contribution >= 0.6 is 0 Å². The fourth-order valence-electron chi connectivity index (χ4n) is 6.02. The zero-order valence-electron chi connectivity index (χ0n) is 12.6. The summed E-state index contributed by atoms with van der Waals surface area (Å²) >= 11 is 0. The molecule has 4 bridgehead atoms. The molecule has 0 radical (unpaired) electrons. The van der Waals surface area contributed by atoms with Gasteiger partial charge < -0.3 is 9.84 Å². The van der Waals surface area contributed by atoms with Crippen molar-refractivity contribution in [2.45, 2.75) is 51.0 Å². The molecular weight excluding hydrogens is 250 g/mol. The minimum absolute atomic E-state index is 0.0567. The number of hydrogen-bond donors (Lipinski definition) is 1. The van der Waals surface area contributed by atoms with Crippen molar-refractivity contribution >= 4 is 0 Å². The summed E-state index contributed by atoms with van der Waals surface area (Å²) < 4.78 is 5.40. The minimum Gasteiger partial charge on any atom is -0.393 e. The molecule has 1 unspecified atom stereocenters. The van der Waals surface area contributed by atoms with E-state index in [1.54, 1.807) is 0 Å². The van der Waals surface area contributed by atoms with E-state index in [1.165, 1.54) is 38.5 Å². The Kier molecular flexibility index (Phi) is 3.56. The van der Waals surface area contributed by atoms with Gasteiger partial charge in [0, 0.05) is 19.6 Å². The van der Waals surface area contributed by atoms with Crippen molar-refractivity contribution in [3.8, 4) is 0 Å². The first kappa shape index (κ1) is 13.5. The van der Waals surface area contributed by atoms with Crippen molar-refractivity contribution in [1.82, 2.24) is 4.90 Å². The van der Waals surface area contributed by atoms with Crippen LogP contribution < -0.4 is 0 Å². The Hall–Kier alpha value is -0.120. The van der Waals surface area contributed by atoms with E-state index in [1.807, 2.05) is 0 Å². The molecule has 5 aliphatic rings. The second-order valence-corrected chi connectivity index (χ2v) is 8.04. The molecule has 3 heteroatoms. The van der Waals surface area contributed by atoms with Crippen molar-refractivity contribution in [2.24, 2.45) is 23.2 Å². The fraction of sp³-hybridized carbons (Fsp3) is 1.00. The lowest BCUT2D eigenvalue weighted by Gasteiger charge is -2.58. The lowest BCUT2D eigenvalue weighted by Crippen LogP contribution is -2.52. The minimum atomic E-state index is -0.0567. The zero-order valence-corrected chi connectivity index (χ0v) is 12.6. The normalized spacial score (nSPS) is 45.8. The van der Waals surface area contributed by atoms with Gasteiger partial charge in [0.15, 0.2) is 0 Å². The van der Waals surface area contributed by atoms with E-state index in [2.05, 4.69) is 4.90 Å². The molecule has 0 aromatic carbocycles. The van der Waals surface area contributed by atoms with E-state index in [9.17, 15) is 5.11 Å². The van der Waals surface area contributed by atoms with Crippen LogP contribution in [0, 0.1) is 23.2 Å². The maximum atomic E-state index is 10.9. The SMILES string of the molecule is OC(CCN1CCOCC1)C12CC3CC(CC(C3)C1)C2. The van der Waals surface area contributed by atoms with E-state index in [-0.39, 0.29) is 6.10 Å². The van der Waals surface area contributed by atoms with E-state index in [0.29, 0.717) is 5.41 Å². The quantitative estimate of drug-likeness (QED) is 0.857. The van der Waals surface area contributed by atoms with Gasteiger partial charge in [0.05, 0.1) is 19.3 Å². The monoisotopic (exact) mass is 279 g/mol. The molecule has 1 N–H and O–H groups in total. The van der Waals surface area contributed by atoms with Gasteiger partial charge >= 0.3 is 0 Å². The van der Waals surface area contributed by atoms with Crippen LogP contribution in [0.2, 0.25) is 0 Å². The van der Waals surface area contributed by atoms with Gasteiger partial charge in [-0.25, -0.2) is 0 Å². The average molecular weight is 279 g/mol. The lowest BCUT2D eigenvalue weighted by atomic mass is 9.48. The summed E-state index contributed by atoms with van der Waals surface area (Å²) in [4.78, 5) is 2.47. The first-order valence-corrected chi connectivity index (χ1v) is 8.72. The second kappa shape index (κ2) is 5.26. The third-order valence-corrected chi connectivity index (χ3v) is 6.61. The molecule has 0 aromatic rings. The number of aliphatic hydroxyl groups is 1. The van der Waals surface area contributed by atoms with Gasteiger partial charge in [0.2, 0.25) is 0 Å². The average Bonchev–Trinajstić information content (AvgIpc) is 2.44. The molecule has 1 saturated heterocycles. The molecule has 1 aliphatic heterocycles. The molecule has 1 heterocycles. The van der Waals surface area contributed by atoms with Crippen LogP contribution in [0.4, 0.5) is 0 Å². The molecule has 0 spiro atoms. The van der Waals surface area contributed by atoms with Crippen LogP contribution in [-0.4, -0.2) is 49.0 Å². The highest BCUT2D eigenvalue weighted by Gasteiger charge is 2.53. The van der Waals surface area contributed by atoms with Crippen molar-refractivity contribution in [1.29, 1.82) is 0 Å². The summed E-state index contributed by atoms with van der Waals surface area (Å²) in [6.07, 6.45) is 9.29. The number of ether oxygens (including phenoxy) is 1. The van der Waals surface area contributed by atoms with Crippen LogP contribution in [-0.2, 0) is 4.74 Å². The highest BCUT2D eigenvalue weighted by molar-refractivity contribution is 5.04. The van der Waals surface area contributed by atoms with Crippen LogP contribution in [0.15, 0.2) is 0 Å².